The number of ether oxygens (including phenoxy) is 2. The molecule has 2 saturated heterocycles. The van der Waals surface area contributed by atoms with Crippen molar-refractivity contribution in [2.75, 3.05) is 6.54 Å². The Morgan fingerprint density at radius 2 is 2.17 bits per heavy atom. The van der Waals surface area contributed by atoms with Gasteiger partial charge < -0.3 is 14.8 Å². The van der Waals surface area contributed by atoms with Crippen molar-refractivity contribution < 1.29 is 9.47 Å². The predicted molar refractivity (Wildman–Crippen MR) is 45.9 cm³/mol. The lowest BCUT2D eigenvalue weighted by molar-refractivity contribution is -0.0798. The van der Waals surface area contributed by atoms with Crippen LogP contribution in [0.2, 0.25) is 0 Å². The van der Waals surface area contributed by atoms with Crippen molar-refractivity contribution in [2.24, 2.45) is 0 Å². The van der Waals surface area contributed by atoms with Gasteiger partial charge in [0, 0.05) is 6.04 Å². The molecule has 0 spiro atoms. The van der Waals surface area contributed by atoms with Gasteiger partial charge in [-0.05, 0) is 33.7 Å². The summed E-state index contributed by atoms with van der Waals surface area (Å²) in [5.41, 5.74) is -0.113. The third-order valence-electron chi connectivity index (χ3n) is 3.13. The van der Waals surface area contributed by atoms with E-state index in [0.29, 0.717) is 6.04 Å². The maximum Gasteiger partial charge on any atom is 0.156 e. The molecule has 2 aliphatic rings. The number of nitrogens with one attached hydrogen (secondary N) is 1. The van der Waals surface area contributed by atoms with Crippen molar-refractivity contribution in [1.82, 2.24) is 5.32 Å². The minimum absolute atomic E-state index is 0.0395. The van der Waals surface area contributed by atoms with Crippen molar-refractivity contribution in [3.05, 3.63) is 0 Å². The van der Waals surface area contributed by atoms with Gasteiger partial charge in [-0.3, -0.25) is 0 Å². The summed E-state index contributed by atoms with van der Waals surface area (Å²) in [4.78, 5) is 0. The molecule has 2 aliphatic heterocycles. The molecule has 2 heterocycles. The molecule has 0 aliphatic carbocycles. The molecular weight excluding hydrogens is 154 g/mol. The highest BCUT2D eigenvalue weighted by Crippen LogP contribution is 2.36. The van der Waals surface area contributed by atoms with Gasteiger partial charge in [-0.15, -0.1) is 0 Å². The first-order valence-corrected chi connectivity index (χ1v) is 4.69. The first-order chi connectivity index (χ1) is 5.63. The van der Waals surface area contributed by atoms with Crippen LogP contribution in [-0.2, 0) is 9.47 Å². The van der Waals surface area contributed by atoms with Gasteiger partial charge in [-0.25, -0.2) is 0 Å². The summed E-state index contributed by atoms with van der Waals surface area (Å²) in [5, 5.41) is 3.41. The Labute approximate surface area is 73.4 Å². The van der Waals surface area contributed by atoms with Crippen LogP contribution in [-0.4, -0.2) is 30.6 Å². The molecule has 4 unspecified atom stereocenters. The molecule has 0 aromatic carbocycles. The van der Waals surface area contributed by atoms with E-state index in [-0.39, 0.29) is 18.0 Å². The molecule has 0 saturated carbocycles. The highest BCUT2D eigenvalue weighted by molar-refractivity contribution is 5.00. The zero-order valence-electron chi connectivity index (χ0n) is 7.96. The first-order valence-electron chi connectivity index (χ1n) is 4.69. The highest BCUT2D eigenvalue weighted by atomic mass is 16.7. The van der Waals surface area contributed by atoms with Crippen LogP contribution in [0.1, 0.15) is 27.2 Å². The van der Waals surface area contributed by atoms with Gasteiger partial charge in [0.25, 0.3) is 0 Å². The van der Waals surface area contributed by atoms with E-state index in [4.69, 9.17) is 9.47 Å². The highest BCUT2D eigenvalue weighted by Gasteiger charge is 2.50. The molecule has 2 fully saturated rings. The fourth-order valence-electron chi connectivity index (χ4n) is 2.20. The molecule has 3 nitrogen and oxygen atoms in total. The molecule has 0 radical (unpaired) electrons. The topological polar surface area (TPSA) is 30.5 Å². The van der Waals surface area contributed by atoms with Crippen molar-refractivity contribution >= 4 is 0 Å². The van der Waals surface area contributed by atoms with Crippen LogP contribution < -0.4 is 5.32 Å². The maximum absolute atomic E-state index is 5.78. The molecule has 12 heavy (non-hydrogen) atoms. The summed E-state index contributed by atoms with van der Waals surface area (Å²) in [7, 11) is 0. The van der Waals surface area contributed by atoms with Gasteiger partial charge in [-0.2, -0.15) is 0 Å². The third-order valence-corrected chi connectivity index (χ3v) is 3.13. The SMILES string of the molecule is CC1OC2CCNC(C)C2(C)O1. The zero-order chi connectivity index (χ0) is 8.77. The number of rotatable bonds is 0. The number of piperidine rings is 1. The average molecular weight is 171 g/mol. The Morgan fingerprint density at radius 1 is 1.42 bits per heavy atom. The number of hydrogen-bond acceptors (Lipinski definition) is 3. The monoisotopic (exact) mass is 171 g/mol. The summed E-state index contributed by atoms with van der Waals surface area (Å²) in [6.07, 6.45) is 1.30. The molecule has 0 amide bonds. The van der Waals surface area contributed by atoms with Gasteiger partial charge >= 0.3 is 0 Å². The minimum atomic E-state index is -0.113. The Morgan fingerprint density at radius 3 is 2.83 bits per heavy atom. The molecule has 3 heteroatoms. The quantitative estimate of drug-likeness (QED) is 0.587. The van der Waals surface area contributed by atoms with Gasteiger partial charge in [0.05, 0.1) is 6.10 Å². The minimum Gasteiger partial charge on any atom is -0.347 e. The predicted octanol–water partition coefficient (Wildman–Crippen LogP) is 0.888. The summed E-state index contributed by atoms with van der Waals surface area (Å²) < 4.78 is 11.5. The smallest absolute Gasteiger partial charge is 0.156 e. The zero-order valence-corrected chi connectivity index (χ0v) is 7.96. The molecule has 1 N–H and O–H groups in total. The Balaban J connectivity index is 2.18. The molecule has 0 bridgehead atoms. The second kappa shape index (κ2) is 2.69. The number of fused-ring (bicyclic) bond motifs is 1. The van der Waals surface area contributed by atoms with E-state index in [1.807, 2.05) is 6.92 Å². The Hall–Kier alpha value is -0.120. The Kier molecular flexibility index (Phi) is 1.90. The summed E-state index contributed by atoms with van der Waals surface area (Å²) in [5.74, 6) is 0. The second-order valence-electron chi connectivity index (χ2n) is 3.96. The summed E-state index contributed by atoms with van der Waals surface area (Å²) >= 11 is 0. The van der Waals surface area contributed by atoms with Gasteiger partial charge in [0.15, 0.2) is 6.29 Å². The van der Waals surface area contributed by atoms with Crippen LogP contribution in [0.5, 0.6) is 0 Å². The lowest BCUT2D eigenvalue weighted by Crippen LogP contribution is -2.58. The van der Waals surface area contributed by atoms with Crippen molar-refractivity contribution in [3.8, 4) is 0 Å². The first kappa shape index (κ1) is 8.48. The molecular formula is C9H17NO2. The van der Waals surface area contributed by atoms with E-state index < -0.39 is 0 Å². The van der Waals surface area contributed by atoms with E-state index in [9.17, 15) is 0 Å². The van der Waals surface area contributed by atoms with Crippen LogP contribution in [0.25, 0.3) is 0 Å². The van der Waals surface area contributed by atoms with Crippen molar-refractivity contribution in [3.63, 3.8) is 0 Å². The van der Waals surface area contributed by atoms with Crippen LogP contribution in [0.3, 0.4) is 0 Å². The average Bonchev–Trinajstić information content (AvgIpc) is 2.27. The summed E-state index contributed by atoms with van der Waals surface area (Å²) in [6, 6.07) is 0.390. The molecule has 0 aromatic rings. The normalized spacial score (nSPS) is 53.8. The Bertz CT molecular complexity index is 185. The fraction of sp³-hybridized carbons (Fsp3) is 1.00. The third kappa shape index (κ3) is 1.08. The van der Waals surface area contributed by atoms with Crippen LogP contribution in [0.15, 0.2) is 0 Å². The lowest BCUT2D eigenvalue weighted by Gasteiger charge is -2.39. The van der Waals surface area contributed by atoms with E-state index >= 15 is 0 Å². The maximum atomic E-state index is 5.78. The fourth-order valence-corrected chi connectivity index (χ4v) is 2.20. The van der Waals surface area contributed by atoms with E-state index in [1.165, 1.54) is 0 Å². The van der Waals surface area contributed by atoms with Crippen LogP contribution in [0.4, 0.5) is 0 Å². The molecule has 2 rings (SSSR count). The largest absolute Gasteiger partial charge is 0.347 e. The second-order valence-corrected chi connectivity index (χ2v) is 3.96. The van der Waals surface area contributed by atoms with Crippen molar-refractivity contribution in [2.45, 2.75) is 51.2 Å². The van der Waals surface area contributed by atoms with Gasteiger partial charge in [0.2, 0.25) is 0 Å². The molecule has 4 atom stereocenters. The number of hydrogen-bond donors (Lipinski definition) is 1. The molecule has 70 valence electrons. The van der Waals surface area contributed by atoms with E-state index in [0.717, 1.165) is 13.0 Å². The molecule has 0 aromatic heterocycles. The van der Waals surface area contributed by atoms with E-state index in [2.05, 4.69) is 19.2 Å². The standard InChI is InChI=1S/C9H17NO2/c1-6-9(3)8(4-5-10-6)11-7(2)12-9/h6-8,10H,4-5H2,1-3H3. The van der Waals surface area contributed by atoms with Gasteiger partial charge in [0.1, 0.15) is 5.60 Å². The summed E-state index contributed by atoms with van der Waals surface area (Å²) in [6.45, 7) is 7.30. The van der Waals surface area contributed by atoms with Crippen LogP contribution in [0, 0.1) is 0 Å². The van der Waals surface area contributed by atoms with E-state index in [1.54, 1.807) is 0 Å². The van der Waals surface area contributed by atoms with Crippen LogP contribution >= 0.6 is 0 Å². The lowest BCUT2D eigenvalue weighted by atomic mass is 9.86. The van der Waals surface area contributed by atoms with Gasteiger partial charge in [-0.1, -0.05) is 0 Å². The van der Waals surface area contributed by atoms with Crippen molar-refractivity contribution in [1.29, 1.82) is 0 Å².